The molecule has 7 heteroatoms. The number of amides is 1. The first-order valence-electron chi connectivity index (χ1n) is 9.72. The van der Waals surface area contributed by atoms with Gasteiger partial charge in [0.05, 0.1) is 18.6 Å². The molecule has 1 spiro atoms. The number of likely N-dealkylation sites (tertiary alicyclic amines) is 1. The fourth-order valence-electron chi connectivity index (χ4n) is 3.98. The van der Waals surface area contributed by atoms with Gasteiger partial charge >= 0.3 is 6.01 Å². The number of carbonyl (C=O) groups is 1. The lowest BCUT2D eigenvalue weighted by atomic mass is 9.83. The minimum atomic E-state index is -0.214. The topological polar surface area (TPSA) is 64.6 Å². The molecule has 1 aromatic carbocycles. The molecule has 2 fully saturated rings. The van der Waals surface area contributed by atoms with Crippen LogP contribution in [-0.4, -0.2) is 52.2 Å². The summed E-state index contributed by atoms with van der Waals surface area (Å²) in [6, 6.07) is 9.64. The summed E-state index contributed by atoms with van der Waals surface area (Å²) in [5.74, 6) is 0.151. The van der Waals surface area contributed by atoms with Gasteiger partial charge in [0.1, 0.15) is 6.10 Å². The van der Waals surface area contributed by atoms with E-state index in [1.165, 1.54) is 0 Å². The maximum absolute atomic E-state index is 12.6. The predicted octanol–water partition coefficient (Wildman–Crippen LogP) is 3.29. The number of nitrogens with zero attached hydrogens (tertiary/aromatic N) is 3. The Balaban J connectivity index is 1.31. The summed E-state index contributed by atoms with van der Waals surface area (Å²) in [6.45, 7) is 2.08. The minimum Gasteiger partial charge on any atom is -0.460 e. The van der Waals surface area contributed by atoms with E-state index in [-0.39, 0.29) is 17.6 Å². The first kappa shape index (κ1) is 19.2. The number of carbonyl (C=O) groups excluding carboxylic acids is 1. The van der Waals surface area contributed by atoms with Gasteiger partial charge in [-0.1, -0.05) is 23.7 Å². The molecule has 1 aromatic heterocycles. The van der Waals surface area contributed by atoms with Gasteiger partial charge in [-0.2, -0.15) is 0 Å². The third-order valence-corrected chi connectivity index (χ3v) is 5.81. The van der Waals surface area contributed by atoms with Crippen molar-refractivity contribution >= 4 is 17.5 Å². The van der Waals surface area contributed by atoms with Gasteiger partial charge in [0.2, 0.25) is 5.91 Å². The van der Waals surface area contributed by atoms with Gasteiger partial charge < -0.3 is 14.4 Å². The van der Waals surface area contributed by atoms with Crippen LogP contribution in [0.15, 0.2) is 42.7 Å². The van der Waals surface area contributed by atoms with Crippen LogP contribution in [0.2, 0.25) is 5.02 Å². The van der Waals surface area contributed by atoms with E-state index in [4.69, 9.17) is 21.1 Å². The Morgan fingerprint density at radius 1 is 1.21 bits per heavy atom. The third kappa shape index (κ3) is 4.62. The molecule has 6 nitrogen and oxygen atoms in total. The Hall–Kier alpha value is -2.18. The van der Waals surface area contributed by atoms with Gasteiger partial charge in [-0.25, -0.2) is 9.97 Å². The van der Waals surface area contributed by atoms with Crippen LogP contribution >= 0.6 is 11.6 Å². The molecule has 0 N–H and O–H groups in total. The monoisotopic (exact) mass is 401 g/mol. The van der Waals surface area contributed by atoms with Gasteiger partial charge in [0, 0.05) is 43.3 Å². The van der Waals surface area contributed by atoms with Crippen molar-refractivity contribution in [2.24, 2.45) is 0 Å². The maximum atomic E-state index is 12.6. The van der Waals surface area contributed by atoms with Crippen molar-refractivity contribution in [1.82, 2.24) is 14.9 Å². The molecule has 2 aromatic rings. The second-order valence-electron chi connectivity index (χ2n) is 7.48. The summed E-state index contributed by atoms with van der Waals surface area (Å²) >= 11 is 5.92. The van der Waals surface area contributed by atoms with Crippen molar-refractivity contribution in [3.63, 3.8) is 0 Å². The molecule has 0 saturated carbocycles. The summed E-state index contributed by atoms with van der Waals surface area (Å²) in [4.78, 5) is 22.9. The molecule has 1 atom stereocenters. The number of halogens is 1. The normalized spacial score (nSPS) is 21.5. The Morgan fingerprint density at radius 2 is 1.93 bits per heavy atom. The van der Waals surface area contributed by atoms with Crippen LogP contribution in [-0.2, 0) is 16.0 Å². The fourth-order valence-corrected chi connectivity index (χ4v) is 4.11. The minimum absolute atomic E-state index is 0.0486. The van der Waals surface area contributed by atoms with Crippen LogP contribution in [0.5, 0.6) is 6.01 Å². The van der Waals surface area contributed by atoms with Crippen molar-refractivity contribution in [1.29, 1.82) is 0 Å². The average molecular weight is 402 g/mol. The summed E-state index contributed by atoms with van der Waals surface area (Å²) in [7, 11) is 0. The number of hydrogen-bond acceptors (Lipinski definition) is 5. The van der Waals surface area contributed by atoms with Gasteiger partial charge in [0.15, 0.2) is 0 Å². The van der Waals surface area contributed by atoms with Crippen LogP contribution in [0, 0.1) is 0 Å². The zero-order chi connectivity index (χ0) is 19.4. The van der Waals surface area contributed by atoms with Gasteiger partial charge in [-0.05, 0) is 36.6 Å². The standard InChI is InChI=1S/C21H24ClN3O3/c22-17-4-2-16(3-5-17)14-19(26)25-11-7-21(8-12-25)15-18(6-13-27-21)28-20-23-9-1-10-24-20/h1-5,9-10,18H,6-8,11-15H2. The zero-order valence-corrected chi connectivity index (χ0v) is 16.5. The molecule has 3 heterocycles. The second-order valence-corrected chi connectivity index (χ2v) is 7.92. The number of ether oxygens (including phenoxy) is 2. The van der Waals surface area contributed by atoms with E-state index in [0.717, 1.165) is 31.2 Å². The van der Waals surface area contributed by atoms with Crippen LogP contribution < -0.4 is 4.74 Å². The van der Waals surface area contributed by atoms with Crippen LogP contribution in [0.3, 0.4) is 0 Å². The summed E-state index contributed by atoms with van der Waals surface area (Å²) in [5, 5.41) is 0.684. The van der Waals surface area contributed by atoms with E-state index in [0.29, 0.717) is 37.2 Å². The molecule has 4 rings (SSSR count). The Bertz CT molecular complexity index is 792. The Morgan fingerprint density at radius 3 is 2.64 bits per heavy atom. The molecular weight excluding hydrogens is 378 g/mol. The van der Waals surface area contributed by atoms with Crippen LogP contribution in [0.25, 0.3) is 0 Å². The van der Waals surface area contributed by atoms with Gasteiger partial charge in [-0.15, -0.1) is 0 Å². The first-order chi connectivity index (χ1) is 13.6. The maximum Gasteiger partial charge on any atom is 0.316 e. The largest absolute Gasteiger partial charge is 0.460 e. The van der Waals surface area contributed by atoms with Crippen molar-refractivity contribution in [3.05, 3.63) is 53.3 Å². The van der Waals surface area contributed by atoms with Crippen LogP contribution in [0.1, 0.15) is 31.2 Å². The van der Waals surface area contributed by atoms with E-state index in [1.807, 2.05) is 29.2 Å². The number of benzene rings is 1. The van der Waals surface area contributed by atoms with E-state index in [1.54, 1.807) is 18.5 Å². The predicted molar refractivity (Wildman–Crippen MR) is 105 cm³/mol. The summed E-state index contributed by atoms with van der Waals surface area (Å²) < 4.78 is 12.1. The highest BCUT2D eigenvalue weighted by atomic mass is 35.5. The molecule has 0 aliphatic carbocycles. The van der Waals surface area contributed by atoms with Crippen molar-refractivity contribution in [3.8, 4) is 6.01 Å². The molecule has 0 bridgehead atoms. The number of aromatic nitrogens is 2. The zero-order valence-electron chi connectivity index (χ0n) is 15.7. The quantitative estimate of drug-likeness (QED) is 0.786. The van der Waals surface area contributed by atoms with Gasteiger partial charge in [-0.3, -0.25) is 4.79 Å². The molecule has 2 aliphatic rings. The lowest BCUT2D eigenvalue weighted by Gasteiger charge is -2.45. The molecular formula is C21H24ClN3O3. The number of rotatable bonds is 4. The van der Waals surface area contributed by atoms with Crippen molar-refractivity contribution < 1.29 is 14.3 Å². The highest BCUT2D eigenvalue weighted by Crippen LogP contribution is 2.36. The highest BCUT2D eigenvalue weighted by molar-refractivity contribution is 6.30. The van der Waals surface area contributed by atoms with Gasteiger partial charge in [0.25, 0.3) is 0 Å². The molecule has 0 radical (unpaired) electrons. The van der Waals surface area contributed by atoms with E-state index < -0.39 is 0 Å². The van der Waals surface area contributed by atoms with Crippen molar-refractivity contribution in [2.45, 2.75) is 43.8 Å². The van der Waals surface area contributed by atoms with E-state index in [2.05, 4.69) is 9.97 Å². The lowest BCUT2D eigenvalue weighted by Crippen LogP contribution is -2.52. The molecule has 2 saturated heterocycles. The first-order valence-corrected chi connectivity index (χ1v) is 10.1. The molecule has 1 amide bonds. The number of hydrogen-bond donors (Lipinski definition) is 0. The average Bonchev–Trinajstić information content (AvgIpc) is 2.71. The molecule has 2 aliphatic heterocycles. The molecule has 1 unspecified atom stereocenters. The lowest BCUT2D eigenvalue weighted by molar-refractivity contribution is -0.151. The summed E-state index contributed by atoms with van der Waals surface area (Å²) in [5.41, 5.74) is 0.773. The van der Waals surface area contributed by atoms with Crippen LogP contribution in [0.4, 0.5) is 0 Å². The Kier molecular flexibility index (Phi) is 5.78. The second kappa shape index (κ2) is 8.45. The van der Waals surface area contributed by atoms with Crippen molar-refractivity contribution in [2.75, 3.05) is 19.7 Å². The molecule has 28 heavy (non-hydrogen) atoms. The SMILES string of the molecule is O=C(Cc1ccc(Cl)cc1)N1CCC2(CC1)CC(Oc1ncccn1)CCO2. The fraction of sp³-hybridized carbons (Fsp3) is 0.476. The van der Waals surface area contributed by atoms with E-state index >= 15 is 0 Å². The Labute approximate surface area is 169 Å². The van der Waals surface area contributed by atoms with E-state index in [9.17, 15) is 4.79 Å². The summed E-state index contributed by atoms with van der Waals surface area (Å²) in [6.07, 6.45) is 7.12. The highest BCUT2D eigenvalue weighted by Gasteiger charge is 2.42. The molecule has 148 valence electrons. The third-order valence-electron chi connectivity index (χ3n) is 5.56. The smallest absolute Gasteiger partial charge is 0.316 e. The number of piperidine rings is 1.